The molecule has 3 amide bonds. The van der Waals surface area contributed by atoms with Crippen molar-refractivity contribution in [2.24, 2.45) is 0 Å². The van der Waals surface area contributed by atoms with Gasteiger partial charge in [-0.3, -0.25) is 14.4 Å². The van der Waals surface area contributed by atoms with Crippen LogP contribution in [0.4, 0.5) is 14.4 Å². The predicted octanol–water partition coefficient (Wildman–Crippen LogP) is 0.669. The SMILES string of the molecule is C.C=[N+]=CC(=O)CC[C@H](NC(=O)OCc1oc(=O)oc1C)C(=O)O.C=[N+]=CC(=O)CC[C@H](NC(=O)OCc1oc(=O)oc1C)C(=O)OC(C)C.CCOC(=O)[C@H](CCC(=O)C=[N+]=[N-])NC(=O)OCc1oc(=O)oc1C. The number of carbonyl (C=O) groups is 9. The average Bonchev–Trinajstić information content (AvgIpc) is 3.96. The molecule has 4 N–H and O–H groups in total. The van der Waals surface area contributed by atoms with Crippen LogP contribution in [-0.2, 0) is 72.3 Å². The molecule has 0 fully saturated rings. The summed E-state index contributed by atoms with van der Waals surface area (Å²) in [4.78, 5) is 139. The standard InChI is InChI=1S/C16H20N2O8.C14H17N3O8.C13H14N2O8.CH4/c1-9(2)24-14(20)12(6-5-11(19)7-17-4)18-15(21)23-8-13-10(3)25-16(22)26-13;1-3-22-12(19)10(5-4-9(18)6-16-15)17-13(20)23-7-11-8(2)24-14(21)25-11;1-7-10(23-13(20)22-7)6-21-12(19)15-9(11(17)18)4-3-8(16)5-14-2;/h7,9,12H,4-6,8H2,1-3H3;6,10H,3-5,7H2,1-2H3,(H,17,20);5,9H,2-4,6H2,1H3,(H-,15,17,18,19);1H4/p+2/t12-;10-;9-;/m000./s1. The van der Waals surface area contributed by atoms with Gasteiger partial charge in [0.15, 0.2) is 54.4 Å². The maximum Gasteiger partial charge on any atom is 0.519 e. The second-order valence-corrected chi connectivity index (χ2v) is 14.6. The second kappa shape index (κ2) is 34.8. The van der Waals surface area contributed by atoms with Crippen molar-refractivity contribution in [2.75, 3.05) is 6.61 Å². The molecule has 410 valence electrons. The second-order valence-electron chi connectivity index (χ2n) is 14.6. The molecule has 0 spiro atoms. The highest BCUT2D eigenvalue weighted by molar-refractivity contribution is 6.27. The molecule has 0 saturated carbocycles. The van der Waals surface area contributed by atoms with Gasteiger partial charge in [-0.1, -0.05) is 7.43 Å². The van der Waals surface area contributed by atoms with Crippen LogP contribution in [0, 0.1) is 20.8 Å². The zero-order chi connectivity index (χ0) is 55.9. The monoisotopic (exact) mass is 1070 g/mol. The Morgan fingerprint density at radius 2 is 0.907 bits per heavy atom. The summed E-state index contributed by atoms with van der Waals surface area (Å²) in [7, 11) is 0. The molecule has 31 nitrogen and oxygen atoms in total. The minimum Gasteiger partial charge on any atom is -0.480 e. The summed E-state index contributed by atoms with van der Waals surface area (Å²) in [5.41, 5.74) is 8.27. The lowest BCUT2D eigenvalue weighted by atomic mass is 10.1. The molecule has 3 rings (SSSR count). The number of ketones is 3. The summed E-state index contributed by atoms with van der Waals surface area (Å²) in [6, 6.07) is -3.55. The van der Waals surface area contributed by atoms with Crippen molar-refractivity contribution in [3.63, 3.8) is 0 Å². The van der Waals surface area contributed by atoms with Crippen LogP contribution < -0.4 is 42.8 Å². The van der Waals surface area contributed by atoms with E-state index in [1.807, 2.05) is 0 Å². The number of esters is 2. The fraction of sp³-hybridized carbons (Fsp3) is 0.477. The summed E-state index contributed by atoms with van der Waals surface area (Å²) in [5, 5.41) is 15.7. The van der Waals surface area contributed by atoms with Crippen LogP contribution in [-0.4, -0.2) is 126 Å². The third-order valence-corrected chi connectivity index (χ3v) is 8.60. The fourth-order valence-corrected chi connectivity index (χ4v) is 5.10. The molecule has 0 saturated heterocycles. The quantitative estimate of drug-likeness (QED) is 0.0282. The first kappa shape index (κ1) is 65.5. The highest BCUT2D eigenvalue weighted by Crippen LogP contribution is 2.11. The van der Waals surface area contributed by atoms with Gasteiger partial charge in [-0.2, -0.15) is 4.79 Å². The fourth-order valence-electron chi connectivity index (χ4n) is 5.10. The molecule has 3 heterocycles. The van der Waals surface area contributed by atoms with Crippen LogP contribution in [0.15, 0.2) is 40.9 Å². The Bertz CT molecular complexity index is 2770. The lowest BCUT2D eigenvalue weighted by molar-refractivity contribution is -0.150. The van der Waals surface area contributed by atoms with Gasteiger partial charge in [-0.15, -0.1) is 9.34 Å². The number of carbonyl (C=O) groups excluding carboxylic acids is 8. The molecule has 0 radical (unpaired) electrons. The predicted molar refractivity (Wildman–Crippen MR) is 253 cm³/mol. The number of alkyl carbamates (subject to hydrolysis) is 3. The molecule has 3 aromatic heterocycles. The summed E-state index contributed by atoms with van der Waals surface area (Å²) in [5.74, 6) is -6.29. The van der Waals surface area contributed by atoms with Crippen LogP contribution in [0.1, 0.15) is 101 Å². The number of carboxylic acids is 1. The summed E-state index contributed by atoms with van der Waals surface area (Å²) >= 11 is 0. The van der Waals surface area contributed by atoms with Crippen molar-refractivity contribution in [1.82, 2.24) is 25.3 Å². The molecule has 0 aliphatic rings. The van der Waals surface area contributed by atoms with Gasteiger partial charge >= 0.3 is 72.3 Å². The minimum atomic E-state index is -1.33. The van der Waals surface area contributed by atoms with Crippen LogP contribution in [0.5, 0.6) is 0 Å². The molecule has 3 aromatic rings. The van der Waals surface area contributed by atoms with E-state index in [4.69, 9.17) is 38.7 Å². The topological polar surface area (TPSA) is 451 Å². The van der Waals surface area contributed by atoms with E-state index in [2.05, 4.69) is 65.6 Å². The Balaban J connectivity index is 0.00000109. The maximum atomic E-state index is 12.1. The van der Waals surface area contributed by atoms with Gasteiger partial charge in [-0.05, 0) is 60.8 Å². The van der Waals surface area contributed by atoms with E-state index in [0.29, 0.717) is 6.21 Å². The number of rotatable bonds is 26. The number of carboxylic acid groups (broad SMARTS) is 1. The highest BCUT2D eigenvalue weighted by atomic mass is 16.6. The van der Waals surface area contributed by atoms with Gasteiger partial charge in [0.25, 0.3) is 13.4 Å². The van der Waals surface area contributed by atoms with E-state index in [1.165, 1.54) is 20.8 Å². The number of nitrogens with zero attached hydrogens (tertiary/aromatic N) is 4. The Labute approximate surface area is 423 Å². The van der Waals surface area contributed by atoms with Crippen LogP contribution in [0.3, 0.4) is 0 Å². The van der Waals surface area contributed by atoms with Crippen molar-refractivity contribution in [3.8, 4) is 0 Å². The Morgan fingerprint density at radius 3 is 1.20 bits per heavy atom. The Morgan fingerprint density at radius 1 is 0.573 bits per heavy atom. The summed E-state index contributed by atoms with van der Waals surface area (Å²) in [6.45, 7) is 14.5. The molecule has 0 unspecified atom stereocenters. The molecule has 0 aliphatic heterocycles. The number of ether oxygens (including phenoxy) is 5. The van der Waals surface area contributed by atoms with Crippen molar-refractivity contribution in [1.29, 1.82) is 0 Å². The number of Topliss-reactive ketones (excluding diaryl/α,β-unsaturated/α-hetero) is 3. The van der Waals surface area contributed by atoms with Crippen LogP contribution in [0.25, 0.3) is 5.53 Å². The zero-order valence-electron chi connectivity index (χ0n) is 40.7. The van der Waals surface area contributed by atoms with E-state index in [1.54, 1.807) is 20.8 Å². The van der Waals surface area contributed by atoms with Gasteiger partial charge in [0.05, 0.1) is 12.7 Å². The molecule has 75 heavy (non-hydrogen) atoms. The summed E-state index contributed by atoms with van der Waals surface area (Å²) in [6.07, 6.45) is -1.29. The lowest BCUT2D eigenvalue weighted by Gasteiger charge is -2.18. The third kappa shape index (κ3) is 27.1. The first-order valence-electron chi connectivity index (χ1n) is 21.4. The van der Waals surface area contributed by atoms with Crippen LogP contribution >= 0.6 is 0 Å². The first-order chi connectivity index (χ1) is 34.9. The van der Waals surface area contributed by atoms with Crippen molar-refractivity contribution < 1.29 is 103 Å². The molecule has 0 aromatic carbocycles. The van der Waals surface area contributed by atoms with Crippen LogP contribution in [0.2, 0.25) is 0 Å². The zero-order valence-corrected chi connectivity index (χ0v) is 40.7. The molecule has 31 heteroatoms. The highest BCUT2D eigenvalue weighted by Gasteiger charge is 2.27. The van der Waals surface area contributed by atoms with E-state index in [0.717, 1.165) is 12.4 Å². The minimum absolute atomic E-state index is 0. The number of aliphatic carboxylic acids is 1. The van der Waals surface area contributed by atoms with Crippen molar-refractivity contribution in [2.45, 2.75) is 132 Å². The number of aryl methyl sites for hydroxylation is 3. The Kier molecular flexibility index (Phi) is 30.4. The molecular weight excluding hydrogens is 1010 g/mol. The molecule has 0 bridgehead atoms. The maximum absolute atomic E-state index is 12.1. The first-order valence-corrected chi connectivity index (χ1v) is 21.4. The largest absolute Gasteiger partial charge is 0.519 e. The molecule has 0 aliphatic carbocycles. The molecular formula is C44H57N7O24+2. The van der Waals surface area contributed by atoms with Crippen molar-refractivity contribution in [3.05, 3.63) is 71.9 Å². The van der Waals surface area contributed by atoms with E-state index in [9.17, 15) is 57.5 Å². The van der Waals surface area contributed by atoms with Gasteiger partial charge in [-0.25, -0.2) is 43.2 Å². The Hall–Kier alpha value is -9.46. The van der Waals surface area contributed by atoms with Crippen molar-refractivity contribution >= 4 is 85.6 Å². The number of hydrogen-bond donors (Lipinski definition) is 4. The van der Waals surface area contributed by atoms with E-state index >= 15 is 0 Å². The normalized spacial score (nSPS) is 11.1. The van der Waals surface area contributed by atoms with E-state index in [-0.39, 0.29) is 106 Å². The third-order valence-electron chi connectivity index (χ3n) is 8.60. The van der Waals surface area contributed by atoms with Gasteiger partial charge in [0.2, 0.25) is 17.3 Å². The van der Waals surface area contributed by atoms with Gasteiger partial charge < -0.3 is 76.8 Å². The smallest absolute Gasteiger partial charge is 0.480 e. The average molecular weight is 1070 g/mol. The number of nitrogens with one attached hydrogen (secondary N) is 3. The van der Waals surface area contributed by atoms with E-state index < -0.39 is 96.1 Å². The molecule has 3 atom stereocenters. The lowest BCUT2D eigenvalue weighted by Crippen LogP contribution is -2.43. The van der Waals surface area contributed by atoms with Gasteiger partial charge in [0, 0.05) is 19.3 Å². The van der Waals surface area contributed by atoms with Gasteiger partial charge in [0.1, 0.15) is 18.1 Å². The number of hydrogen-bond acceptors (Lipinski definition) is 23. The number of amides is 3. The summed E-state index contributed by atoms with van der Waals surface area (Å²) < 4.78 is 58.7.